The summed E-state index contributed by atoms with van der Waals surface area (Å²) in [7, 11) is 0. The molecule has 0 radical (unpaired) electrons. The zero-order chi connectivity index (χ0) is 10.0. The van der Waals surface area contributed by atoms with E-state index in [1.165, 1.54) is 10.9 Å². The Morgan fingerprint density at radius 2 is 2.29 bits per heavy atom. The molecule has 1 aliphatic heterocycles. The Kier molecular flexibility index (Phi) is 2.58. The third-order valence-electron chi connectivity index (χ3n) is 2.59. The van der Waals surface area contributed by atoms with Gasteiger partial charge in [0.1, 0.15) is 11.8 Å². The fourth-order valence-electron chi connectivity index (χ4n) is 1.67. The summed E-state index contributed by atoms with van der Waals surface area (Å²) in [4.78, 5) is 11.1. The lowest BCUT2D eigenvalue weighted by Gasteiger charge is -2.31. The van der Waals surface area contributed by atoms with Gasteiger partial charge in [0.15, 0.2) is 5.82 Å². The largest absolute Gasteiger partial charge is 0.301 e. The van der Waals surface area contributed by atoms with Crippen LogP contribution in [0.3, 0.4) is 0 Å². The van der Waals surface area contributed by atoms with Gasteiger partial charge in [-0.25, -0.2) is 4.39 Å². The Labute approximate surface area is 85.7 Å². The number of halogens is 1. The molecule has 0 N–H and O–H groups in total. The van der Waals surface area contributed by atoms with Crippen LogP contribution in [0.1, 0.15) is 12.8 Å². The van der Waals surface area contributed by atoms with Crippen molar-refractivity contribution in [3.63, 3.8) is 0 Å². The summed E-state index contributed by atoms with van der Waals surface area (Å²) in [5.41, 5.74) is -0.602. The number of carbonyl (C=O) groups is 1. The summed E-state index contributed by atoms with van der Waals surface area (Å²) < 4.78 is 14.3. The fraction of sp³-hybridized carbons (Fsp3) is 0.556. The molecule has 3 nitrogen and oxygen atoms in total. The second-order valence-corrected chi connectivity index (χ2v) is 4.66. The molecule has 1 fully saturated rings. The van der Waals surface area contributed by atoms with Crippen LogP contribution in [0.4, 0.5) is 4.39 Å². The van der Waals surface area contributed by atoms with Crippen LogP contribution in [-0.2, 0) is 10.3 Å². The number of aldehydes is 1. The zero-order valence-electron chi connectivity index (χ0n) is 7.65. The van der Waals surface area contributed by atoms with Crippen LogP contribution >= 0.6 is 11.8 Å². The van der Waals surface area contributed by atoms with E-state index in [2.05, 4.69) is 5.10 Å². The summed E-state index contributed by atoms with van der Waals surface area (Å²) in [5.74, 6) is 1.48. The number of hydrogen-bond donors (Lipinski definition) is 0. The molecule has 2 rings (SSSR count). The first kappa shape index (κ1) is 9.71. The topological polar surface area (TPSA) is 34.9 Å². The van der Waals surface area contributed by atoms with Gasteiger partial charge >= 0.3 is 0 Å². The van der Waals surface area contributed by atoms with E-state index in [-0.39, 0.29) is 5.82 Å². The van der Waals surface area contributed by atoms with E-state index in [0.717, 1.165) is 36.8 Å². The van der Waals surface area contributed by atoms with Gasteiger partial charge in [0, 0.05) is 0 Å². The van der Waals surface area contributed by atoms with E-state index in [9.17, 15) is 9.18 Å². The van der Waals surface area contributed by atoms with E-state index in [4.69, 9.17) is 0 Å². The molecule has 0 aliphatic carbocycles. The van der Waals surface area contributed by atoms with Crippen molar-refractivity contribution >= 4 is 18.0 Å². The molecule has 0 amide bonds. The molecule has 2 heterocycles. The number of carbonyl (C=O) groups excluding carboxylic acids is 1. The molecule has 0 atom stereocenters. The molecule has 0 aromatic carbocycles. The average Bonchev–Trinajstić information content (AvgIpc) is 2.66. The Bertz CT molecular complexity index is 333. The minimum absolute atomic E-state index is 0.385. The number of nitrogens with zero attached hydrogens (tertiary/aromatic N) is 2. The first-order valence-corrected chi connectivity index (χ1v) is 5.67. The molecule has 0 bridgehead atoms. The predicted molar refractivity (Wildman–Crippen MR) is 52.8 cm³/mol. The molecule has 76 valence electrons. The van der Waals surface area contributed by atoms with E-state index in [1.807, 2.05) is 11.8 Å². The Balaban J connectivity index is 2.31. The summed E-state index contributed by atoms with van der Waals surface area (Å²) in [6, 6.07) is 0. The zero-order valence-corrected chi connectivity index (χ0v) is 8.47. The van der Waals surface area contributed by atoms with Crippen molar-refractivity contribution in [2.24, 2.45) is 0 Å². The van der Waals surface area contributed by atoms with Crippen LogP contribution in [0.25, 0.3) is 0 Å². The highest BCUT2D eigenvalue weighted by Gasteiger charge is 2.34. The number of hydrogen-bond acceptors (Lipinski definition) is 3. The molecule has 14 heavy (non-hydrogen) atoms. The van der Waals surface area contributed by atoms with Gasteiger partial charge in [-0.15, -0.1) is 0 Å². The van der Waals surface area contributed by atoms with E-state index < -0.39 is 5.54 Å². The van der Waals surface area contributed by atoms with E-state index in [0.29, 0.717) is 0 Å². The van der Waals surface area contributed by atoms with Crippen molar-refractivity contribution in [3.8, 4) is 0 Å². The van der Waals surface area contributed by atoms with Gasteiger partial charge < -0.3 is 4.79 Å². The summed E-state index contributed by atoms with van der Waals surface area (Å²) in [6.45, 7) is 0. The van der Waals surface area contributed by atoms with Crippen LogP contribution in [0.5, 0.6) is 0 Å². The highest BCUT2D eigenvalue weighted by Crippen LogP contribution is 2.31. The van der Waals surface area contributed by atoms with Gasteiger partial charge in [-0.2, -0.15) is 16.9 Å². The maximum Gasteiger partial charge on any atom is 0.161 e. The summed E-state index contributed by atoms with van der Waals surface area (Å²) in [5, 5.41) is 3.88. The molecule has 1 aromatic rings. The highest BCUT2D eigenvalue weighted by atomic mass is 32.2. The molecular formula is C9H11FN2OS. The number of thioether (sulfide) groups is 1. The van der Waals surface area contributed by atoms with Gasteiger partial charge in [-0.1, -0.05) is 0 Å². The maximum absolute atomic E-state index is 12.8. The van der Waals surface area contributed by atoms with Gasteiger partial charge in [0.25, 0.3) is 0 Å². The lowest BCUT2D eigenvalue weighted by molar-refractivity contribution is -0.116. The Hall–Kier alpha value is -0.840. The van der Waals surface area contributed by atoms with Crippen molar-refractivity contribution in [2.75, 3.05) is 11.5 Å². The molecule has 1 aromatic heterocycles. The quantitative estimate of drug-likeness (QED) is 0.699. The summed E-state index contributed by atoms with van der Waals surface area (Å²) in [6.07, 6.45) is 4.82. The van der Waals surface area contributed by atoms with Gasteiger partial charge in [-0.3, -0.25) is 4.68 Å². The SMILES string of the molecule is O=CC1(n2cc(F)cn2)CCSCC1. The van der Waals surface area contributed by atoms with Crippen LogP contribution < -0.4 is 0 Å². The van der Waals surface area contributed by atoms with E-state index >= 15 is 0 Å². The van der Waals surface area contributed by atoms with Crippen molar-refractivity contribution < 1.29 is 9.18 Å². The third kappa shape index (κ3) is 1.56. The lowest BCUT2D eigenvalue weighted by atomic mass is 9.94. The first-order valence-electron chi connectivity index (χ1n) is 4.52. The monoisotopic (exact) mass is 214 g/mol. The van der Waals surface area contributed by atoms with E-state index in [1.54, 1.807) is 0 Å². The minimum atomic E-state index is -0.602. The molecule has 0 unspecified atom stereocenters. The van der Waals surface area contributed by atoms with Crippen LogP contribution in [0, 0.1) is 5.82 Å². The first-order chi connectivity index (χ1) is 6.77. The van der Waals surface area contributed by atoms with Gasteiger partial charge in [-0.05, 0) is 24.3 Å². The van der Waals surface area contributed by atoms with Crippen molar-refractivity contribution in [2.45, 2.75) is 18.4 Å². The lowest BCUT2D eigenvalue weighted by Crippen LogP contribution is -2.39. The molecule has 1 aliphatic rings. The van der Waals surface area contributed by atoms with Crippen LogP contribution in [0.2, 0.25) is 0 Å². The fourth-order valence-corrected chi connectivity index (χ4v) is 2.87. The normalized spacial score (nSPS) is 20.6. The predicted octanol–water partition coefficient (Wildman–Crippen LogP) is 1.44. The molecule has 5 heteroatoms. The Morgan fingerprint density at radius 3 is 2.79 bits per heavy atom. The second kappa shape index (κ2) is 3.73. The minimum Gasteiger partial charge on any atom is -0.301 e. The second-order valence-electron chi connectivity index (χ2n) is 3.44. The summed E-state index contributed by atoms with van der Waals surface area (Å²) >= 11 is 1.82. The third-order valence-corrected chi connectivity index (χ3v) is 3.57. The van der Waals surface area contributed by atoms with Crippen molar-refractivity contribution in [1.82, 2.24) is 9.78 Å². The molecule has 0 spiro atoms. The highest BCUT2D eigenvalue weighted by molar-refractivity contribution is 7.99. The Morgan fingerprint density at radius 1 is 1.57 bits per heavy atom. The van der Waals surface area contributed by atoms with Crippen LogP contribution in [0.15, 0.2) is 12.4 Å². The molecule has 0 saturated carbocycles. The van der Waals surface area contributed by atoms with Crippen molar-refractivity contribution in [1.29, 1.82) is 0 Å². The number of rotatable bonds is 2. The molecule has 1 saturated heterocycles. The molecular weight excluding hydrogens is 203 g/mol. The van der Waals surface area contributed by atoms with Gasteiger partial charge in [0.2, 0.25) is 0 Å². The van der Waals surface area contributed by atoms with Gasteiger partial charge in [0.05, 0.1) is 12.4 Å². The maximum atomic E-state index is 12.8. The standard InChI is InChI=1S/C9H11FN2OS/c10-8-5-11-12(6-8)9(7-13)1-3-14-4-2-9/h5-7H,1-4H2. The van der Waals surface area contributed by atoms with Crippen LogP contribution in [-0.4, -0.2) is 27.6 Å². The number of aromatic nitrogens is 2. The smallest absolute Gasteiger partial charge is 0.161 e. The van der Waals surface area contributed by atoms with Crippen molar-refractivity contribution in [3.05, 3.63) is 18.2 Å². The average molecular weight is 214 g/mol.